The zero-order chi connectivity index (χ0) is 4.83. The molecule has 0 rings (SSSR count). The van der Waals surface area contributed by atoms with Gasteiger partial charge in [-0.1, -0.05) is 12.7 Å². The van der Waals surface area contributed by atoms with E-state index in [2.05, 4.69) is 12.7 Å². The second-order valence-corrected chi connectivity index (χ2v) is 1.42. The van der Waals surface area contributed by atoms with Crippen molar-refractivity contribution in [1.29, 1.82) is 0 Å². The van der Waals surface area contributed by atoms with Gasteiger partial charge in [0.15, 0.2) is 0 Å². The van der Waals surface area contributed by atoms with E-state index >= 15 is 0 Å². The van der Waals surface area contributed by atoms with Gasteiger partial charge in [0.05, 0.1) is 0 Å². The normalized spacial score (nSPS) is 8.17. The molecule has 0 heterocycles. The van der Waals surface area contributed by atoms with E-state index in [4.69, 9.17) is 11.6 Å². The number of halogens is 1. The Bertz CT molecular complexity index is 32.9. The van der Waals surface area contributed by atoms with Gasteiger partial charge in [-0.15, -0.1) is 11.6 Å². The van der Waals surface area contributed by atoms with Gasteiger partial charge >= 0.3 is 0 Å². The maximum Gasteiger partial charge on any atom is 0.0226 e. The van der Waals surface area contributed by atoms with Crippen LogP contribution in [0.2, 0.25) is 0 Å². The Hall–Kier alpha value is 0.0300. The Labute approximate surface area is 43.8 Å². The Kier molecular flexibility index (Phi) is 5.06. The van der Waals surface area contributed by atoms with Crippen molar-refractivity contribution in [2.45, 2.75) is 12.8 Å². The molecular weight excluding hydrogens is 95.5 g/mol. The Morgan fingerprint density at radius 1 is 1.67 bits per heavy atom. The van der Waals surface area contributed by atoms with Crippen molar-refractivity contribution in [2.24, 2.45) is 0 Å². The molecular formula is C5H8Cl. The van der Waals surface area contributed by atoms with E-state index in [1.807, 2.05) is 0 Å². The van der Waals surface area contributed by atoms with Crippen LogP contribution in [-0.4, -0.2) is 5.88 Å². The van der Waals surface area contributed by atoms with Crippen LogP contribution in [0.1, 0.15) is 12.8 Å². The third kappa shape index (κ3) is 4.03. The monoisotopic (exact) mass is 103 g/mol. The van der Waals surface area contributed by atoms with Gasteiger partial charge in [-0.3, -0.25) is 0 Å². The number of allylic oxidation sites excluding steroid dienone is 1. The average Bonchev–Trinajstić information content (AvgIpc) is 1.61. The summed E-state index contributed by atoms with van der Waals surface area (Å²) in [5.74, 6) is 0.725. The molecule has 0 aromatic heterocycles. The molecule has 0 unspecified atom stereocenters. The maximum absolute atomic E-state index is 5.31. The second-order valence-electron chi connectivity index (χ2n) is 1.04. The SMILES string of the molecule is C=[C]CCCCl. The van der Waals surface area contributed by atoms with E-state index in [9.17, 15) is 0 Å². The van der Waals surface area contributed by atoms with Gasteiger partial charge in [0.25, 0.3) is 0 Å². The first-order valence-electron chi connectivity index (χ1n) is 1.97. The molecule has 0 atom stereocenters. The summed E-state index contributed by atoms with van der Waals surface area (Å²) in [5, 5.41) is 0. The highest BCUT2D eigenvalue weighted by atomic mass is 35.5. The molecule has 0 aromatic rings. The summed E-state index contributed by atoms with van der Waals surface area (Å²) in [4.78, 5) is 0. The molecule has 0 spiro atoms. The number of hydrogen-bond donors (Lipinski definition) is 0. The molecule has 1 radical (unpaired) electrons. The van der Waals surface area contributed by atoms with Gasteiger partial charge < -0.3 is 0 Å². The molecule has 0 fully saturated rings. The summed E-state index contributed by atoms with van der Waals surface area (Å²) in [7, 11) is 0. The lowest BCUT2D eigenvalue weighted by atomic mass is 10.3. The topological polar surface area (TPSA) is 0 Å². The van der Waals surface area contributed by atoms with Gasteiger partial charge in [-0.25, -0.2) is 0 Å². The summed E-state index contributed by atoms with van der Waals surface area (Å²) < 4.78 is 0. The van der Waals surface area contributed by atoms with Crippen LogP contribution in [0.25, 0.3) is 0 Å². The lowest BCUT2D eigenvalue weighted by Gasteiger charge is -1.79. The van der Waals surface area contributed by atoms with Crippen molar-refractivity contribution in [1.82, 2.24) is 0 Å². The van der Waals surface area contributed by atoms with Crippen LogP contribution >= 0.6 is 11.6 Å². The zero-order valence-corrected chi connectivity index (χ0v) is 4.46. The third-order valence-corrected chi connectivity index (χ3v) is 0.754. The van der Waals surface area contributed by atoms with E-state index in [-0.39, 0.29) is 0 Å². The van der Waals surface area contributed by atoms with Crippen molar-refractivity contribution in [2.75, 3.05) is 5.88 Å². The molecule has 6 heavy (non-hydrogen) atoms. The van der Waals surface area contributed by atoms with Crippen molar-refractivity contribution in [3.63, 3.8) is 0 Å². The minimum absolute atomic E-state index is 0.725. The van der Waals surface area contributed by atoms with Gasteiger partial charge in [0.1, 0.15) is 0 Å². The van der Waals surface area contributed by atoms with E-state index in [1.54, 1.807) is 0 Å². The zero-order valence-electron chi connectivity index (χ0n) is 3.71. The van der Waals surface area contributed by atoms with E-state index in [1.165, 1.54) is 0 Å². The highest BCUT2D eigenvalue weighted by Gasteiger charge is 1.73. The van der Waals surface area contributed by atoms with E-state index < -0.39 is 0 Å². The summed E-state index contributed by atoms with van der Waals surface area (Å²) in [5.41, 5.74) is 0. The molecule has 0 aliphatic rings. The maximum atomic E-state index is 5.31. The first-order chi connectivity index (χ1) is 2.91. The predicted octanol–water partition coefficient (Wildman–Crippen LogP) is 1.99. The van der Waals surface area contributed by atoms with Crippen LogP contribution in [0.4, 0.5) is 0 Å². The lowest BCUT2D eigenvalue weighted by Crippen LogP contribution is -1.68. The van der Waals surface area contributed by atoms with Crippen LogP contribution in [0, 0.1) is 6.08 Å². The molecule has 0 bridgehead atoms. The van der Waals surface area contributed by atoms with E-state index in [0.29, 0.717) is 0 Å². The van der Waals surface area contributed by atoms with Crippen LogP contribution in [0.15, 0.2) is 6.58 Å². The van der Waals surface area contributed by atoms with Crippen LogP contribution < -0.4 is 0 Å². The van der Waals surface area contributed by atoms with Crippen molar-refractivity contribution in [3.8, 4) is 0 Å². The average molecular weight is 104 g/mol. The molecule has 0 saturated carbocycles. The fourth-order valence-electron chi connectivity index (χ4n) is 0.192. The molecule has 0 amide bonds. The largest absolute Gasteiger partial charge is 0.127 e. The van der Waals surface area contributed by atoms with Crippen molar-refractivity contribution < 1.29 is 0 Å². The summed E-state index contributed by atoms with van der Waals surface area (Å²) >= 11 is 5.31. The predicted molar refractivity (Wildman–Crippen MR) is 28.8 cm³/mol. The first kappa shape index (κ1) is 6.03. The minimum atomic E-state index is 0.725. The smallest absolute Gasteiger partial charge is 0.0226 e. The molecule has 0 saturated heterocycles. The minimum Gasteiger partial charge on any atom is -0.127 e. The number of unbranched alkanes of at least 4 members (excludes halogenated alkanes) is 1. The molecule has 0 N–H and O–H groups in total. The summed E-state index contributed by atoms with van der Waals surface area (Å²) in [6.45, 7) is 3.41. The van der Waals surface area contributed by atoms with Crippen LogP contribution in [0.5, 0.6) is 0 Å². The fraction of sp³-hybridized carbons (Fsp3) is 0.600. The standard InChI is InChI=1S/C5H8Cl/c1-2-3-4-5-6/h1,3-5H2. The van der Waals surface area contributed by atoms with Crippen LogP contribution in [-0.2, 0) is 0 Å². The summed E-state index contributed by atoms with van der Waals surface area (Å²) in [6, 6.07) is 0. The van der Waals surface area contributed by atoms with Crippen molar-refractivity contribution >= 4 is 11.6 Å². The molecule has 1 heteroatoms. The molecule has 0 nitrogen and oxygen atoms in total. The number of hydrogen-bond acceptors (Lipinski definition) is 0. The molecule has 35 valence electrons. The quantitative estimate of drug-likeness (QED) is 0.379. The van der Waals surface area contributed by atoms with Gasteiger partial charge in [-0.2, -0.15) is 0 Å². The molecule has 0 aliphatic carbocycles. The second kappa shape index (κ2) is 5.03. The van der Waals surface area contributed by atoms with Gasteiger partial charge in [0, 0.05) is 5.88 Å². The van der Waals surface area contributed by atoms with Gasteiger partial charge in [-0.05, 0) is 12.8 Å². The highest BCUT2D eigenvalue weighted by molar-refractivity contribution is 6.17. The first-order valence-corrected chi connectivity index (χ1v) is 2.51. The lowest BCUT2D eigenvalue weighted by molar-refractivity contribution is 0.950. The molecule has 0 aliphatic heterocycles. The van der Waals surface area contributed by atoms with Gasteiger partial charge in [0.2, 0.25) is 0 Å². The Balaban J connectivity index is 2.49. The summed E-state index contributed by atoms with van der Waals surface area (Å²) in [6.07, 6.45) is 4.66. The Morgan fingerprint density at radius 2 is 2.33 bits per heavy atom. The third-order valence-electron chi connectivity index (χ3n) is 0.487. The highest BCUT2D eigenvalue weighted by Crippen LogP contribution is 1.88. The number of rotatable bonds is 3. The fourth-order valence-corrected chi connectivity index (χ4v) is 0.325. The van der Waals surface area contributed by atoms with Crippen LogP contribution in [0.3, 0.4) is 0 Å². The van der Waals surface area contributed by atoms with Crippen molar-refractivity contribution in [3.05, 3.63) is 12.7 Å². The molecule has 0 aromatic carbocycles. The number of alkyl halides is 1. The van der Waals surface area contributed by atoms with E-state index in [0.717, 1.165) is 18.7 Å². The Morgan fingerprint density at radius 3 is 2.50 bits per heavy atom.